The molecule has 2 aliphatic rings. The average molecular weight is 263 g/mol. The zero-order chi connectivity index (χ0) is 13.9. The lowest BCUT2D eigenvalue weighted by atomic mass is 9.97. The van der Waals surface area contributed by atoms with Crippen LogP contribution in [0, 0.1) is 17.2 Å². The van der Waals surface area contributed by atoms with Gasteiger partial charge in [0.15, 0.2) is 0 Å². The number of nitrogens with one attached hydrogen (secondary N) is 1. The number of carbonyl (C=O) groups excluding carboxylic acids is 1. The van der Waals surface area contributed by atoms with Gasteiger partial charge in [0, 0.05) is 6.04 Å². The minimum Gasteiger partial charge on any atom is -0.337 e. The Morgan fingerprint density at radius 1 is 1.42 bits per heavy atom. The standard InChI is InChI=1S/C15H25N3O/c1-3-13-6-4-5-9-18(13)10-14(19)17-15(2,11-16)12-7-8-12/h12-13H,3-10H2,1-2H3,(H,17,19)/t13-,15-/m0/s1. The largest absolute Gasteiger partial charge is 0.337 e. The number of nitrogens with zero attached hydrogens (tertiary/aromatic N) is 2. The van der Waals surface area contributed by atoms with Crippen LogP contribution in [0.5, 0.6) is 0 Å². The fraction of sp³-hybridized carbons (Fsp3) is 0.867. The van der Waals surface area contributed by atoms with Crippen LogP contribution in [0.4, 0.5) is 0 Å². The Bertz CT molecular complexity index is 372. The molecule has 4 heteroatoms. The lowest BCUT2D eigenvalue weighted by molar-refractivity contribution is -0.124. The second kappa shape index (κ2) is 5.92. The third kappa shape index (κ3) is 3.48. The molecule has 0 bridgehead atoms. The van der Waals surface area contributed by atoms with Crippen LogP contribution in [0.3, 0.4) is 0 Å². The summed E-state index contributed by atoms with van der Waals surface area (Å²) in [6, 6.07) is 2.82. The Morgan fingerprint density at radius 2 is 2.16 bits per heavy atom. The summed E-state index contributed by atoms with van der Waals surface area (Å²) in [6.45, 7) is 5.50. The molecule has 1 heterocycles. The monoisotopic (exact) mass is 263 g/mol. The van der Waals surface area contributed by atoms with E-state index in [0.717, 1.165) is 25.8 Å². The quantitative estimate of drug-likeness (QED) is 0.826. The molecular weight excluding hydrogens is 238 g/mol. The Hall–Kier alpha value is -1.08. The number of likely N-dealkylation sites (tertiary alicyclic amines) is 1. The molecule has 106 valence electrons. The van der Waals surface area contributed by atoms with Crippen LogP contribution in [0.25, 0.3) is 0 Å². The molecule has 1 aliphatic carbocycles. The zero-order valence-electron chi connectivity index (χ0n) is 12.1. The minimum absolute atomic E-state index is 0.0105. The highest BCUT2D eigenvalue weighted by atomic mass is 16.2. The van der Waals surface area contributed by atoms with Crippen molar-refractivity contribution in [3.8, 4) is 6.07 Å². The first-order valence-corrected chi connectivity index (χ1v) is 7.55. The van der Waals surface area contributed by atoms with E-state index in [1.165, 1.54) is 19.3 Å². The summed E-state index contributed by atoms with van der Waals surface area (Å²) >= 11 is 0. The minimum atomic E-state index is -0.658. The predicted molar refractivity (Wildman–Crippen MR) is 74.4 cm³/mol. The third-order valence-electron chi connectivity index (χ3n) is 4.59. The van der Waals surface area contributed by atoms with Gasteiger partial charge in [0.05, 0.1) is 12.6 Å². The summed E-state index contributed by atoms with van der Waals surface area (Å²) in [4.78, 5) is 14.5. The van der Waals surface area contributed by atoms with Crippen LogP contribution in [-0.4, -0.2) is 35.5 Å². The van der Waals surface area contributed by atoms with Crippen LogP contribution in [0.1, 0.15) is 52.4 Å². The van der Waals surface area contributed by atoms with Gasteiger partial charge in [-0.25, -0.2) is 0 Å². The number of carbonyl (C=O) groups is 1. The second-order valence-corrected chi connectivity index (χ2v) is 6.16. The number of amides is 1. The predicted octanol–water partition coefficient (Wildman–Crippen LogP) is 2.06. The lowest BCUT2D eigenvalue weighted by Gasteiger charge is -2.35. The Kier molecular flexibility index (Phi) is 4.46. The Morgan fingerprint density at radius 3 is 2.74 bits per heavy atom. The maximum atomic E-state index is 12.2. The van der Waals surface area contributed by atoms with Crippen molar-refractivity contribution in [2.45, 2.75) is 64.0 Å². The van der Waals surface area contributed by atoms with Crippen LogP contribution in [-0.2, 0) is 4.79 Å². The maximum Gasteiger partial charge on any atom is 0.235 e. The van der Waals surface area contributed by atoms with Crippen molar-refractivity contribution >= 4 is 5.91 Å². The van der Waals surface area contributed by atoms with Crippen molar-refractivity contribution in [2.75, 3.05) is 13.1 Å². The van der Waals surface area contributed by atoms with Crippen molar-refractivity contribution in [3.05, 3.63) is 0 Å². The normalized spacial score (nSPS) is 27.3. The number of hydrogen-bond acceptors (Lipinski definition) is 3. The molecule has 0 aromatic rings. The molecule has 1 N–H and O–H groups in total. The zero-order valence-corrected chi connectivity index (χ0v) is 12.1. The molecule has 1 aliphatic heterocycles. The highest BCUT2D eigenvalue weighted by Crippen LogP contribution is 2.39. The molecule has 2 rings (SSSR count). The molecule has 0 unspecified atom stereocenters. The van der Waals surface area contributed by atoms with E-state index in [2.05, 4.69) is 23.2 Å². The van der Waals surface area contributed by atoms with Crippen LogP contribution in [0.2, 0.25) is 0 Å². The summed E-state index contributed by atoms with van der Waals surface area (Å²) < 4.78 is 0. The molecule has 0 aromatic carbocycles. The van der Waals surface area contributed by atoms with Gasteiger partial charge in [0.2, 0.25) is 5.91 Å². The number of rotatable bonds is 5. The third-order valence-corrected chi connectivity index (χ3v) is 4.59. The van der Waals surface area contributed by atoms with Crippen molar-refractivity contribution < 1.29 is 4.79 Å². The smallest absolute Gasteiger partial charge is 0.235 e. The van der Waals surface area contributed by atoms with Gasteiger partial charge in [-0.15, -0.1) is 0 Å². The van der Waals surface area contributed by atoms with Crippen molar-refractivity contribution in [1.29, 1.82) is 5.26 Å². The molecule has 0 spiro atoms. The first kappa shape index (κ1) is 14.3. The van der Waals surface area contributed by atoms with E-state index in [1.807, 2.05) is 6.92 Å². The second-order valence-electron chi connectivity index (χ2n) is 6.16. The maximum absolute atomic E-state index is 12.2. The van der Waals surface area contributed by atoms with E-state index in [1.54, 1.807) is 0 Å². The molecule has 2 atom stereocenters. The molecule has 1 saturated heterocycles. The van der Waals surface area contributed by atoms with Gasteiger partial charge in [0.25, 0.3) is 0 Å². The van der Waals surface area contributed by atoms with Crippen molar-refractivity contribution in [2.24, 2.45) is 5.92 Å². The lowest BCUT2D eigenvalue weighted by Crippen LogP contribution is -2.52. The van der Waals surface area contributed by atoms with Crippen molar-refractivity contribution in [3.63, 3.8) is 0 Å². The Balaban J connectivity index is 1.88. The highest BCUT2D eigenvalue weighted by molar-refractivity contribution is 5.79. The van der Waals surface area contributed by atoms with E-state index in [-0.39, 0.29) is 5.91 Å². The molecule has 4 nitrogen and oxygen atoms in total. The van der Waals surface area contributed by atoms with Gasteiger partial charge in [0.1, 0.15) is 5.54 Å². The Labute approximate surface area is 116 Å². The SMILES string of the molecule is CC[C@H]1CCCCN1CC(=O)N[C@@](C)(C#N)C1CC1. The van der Waals surface area contributed by atoms with Crippen LogP contribution >= 0.6 is 0 Å². The molecule has 0 aromatic heterocycles. The van der Waals surface area contributed by atoms with Crippen LogP contribution in [0.15, 0.2) is 0 Å². The molecule has 0 radical (unpaired) electrons. The number of nitriles is 1. The van der Waals surface area contributed by atoms with Gasteiger partial charge < -0.3 is 5.32 Å². The number of hydrogen-bond donors (Lipinski definition) is 1. The van der Waals surface area contributed by atoms with Gasteiger partial charge in [-0.05, 0) is 51.5 Å². The summed E-state index contributed by atoms with van der Waals surface area (Å²) in [7, 11) is 0. The van der Waals surface area contributed by atoms with E-state index in [0.29, 0.717) is 18.5 Å². The summed E-state index contributed by atoms with van der Waals surface area (Å²) in [5.41, 5.74) is -0.658. The van der Waals surface area contributed by atoms with Crippen molar-refractivity contribution in [1.82, 2.24) is 10.2 Å². The van der Waals surface area contributed by atoms with E-state index in [4.69, 9.17) is 0 Å². The molecule has 2 fully saturated rings. The fourth-order valence-electron chi connectivity index (χ4n) is 3.13. The fourth-order valence-corrected chi connectivity index (χ4v) is 3.13. The number of piperidine rings is 1. The molecule has 1 saturated carbocycles. The summed E-state index contributed by atoms with van der Waals surface area (Å²) in [5.74, 6) is 0.362. The average Bonchev–Trinajstić information content (AvgIpc) is 3.23. The first-order chi connectivity index (χ1) is 9.09. The van der Waals surface area contributed by atoms with E-state index >= 15 is 0 Å². The van der Waals surface area contributed by atoms with Crippen LogP contribution < -0.4 is 5.32 Å². The van der Waals surface area contributed by atoms with Gasteiger partial charge in [-0.3, -0.25) is 9.69 Å². The first-order valence-electron chi connectivity index (χ1n) is 7.55. The van der Waals surface area contributed by atoms with E-state index < -0.39 is 5.54 Å². The van der Waals surface area contributed by atoms with Gasteiger partial charge in [-0.2, -0.15) is 5.26 Å². The summed E-state index contributed by atoms with van der Waals surface area (Å²) in [5, 5.41) is 12.2. The molecular formula is C15H25N3O. The highest BCUT2D eigenvalue weighted by Gasteiger charge is 2.43. The summed E-state index contributed by atoms with van der Waals surface area (Å²) in [6.07, 6.45) is 6.88. The molecule has 1 amide bonds. The molecule has 19 heavy (non-hydrogen) atoms. The van der Waals surface area contributed by atoms with Gasteiger partial charge in [-0.1, -0.05) is 13.3 Å². The topological polar surface area (TPSA) is 56.1 Å². The van der Waals surface area contributed by atoms with Gasteiger partial charge >= 0.3 is 0 Å². The van der Waals surface area contributed by atoms with E-state index in [9.17, 15) is 10.1 Å².